The lowest BCUT2D eigenvalue weighted by Crippen LogP contribution is -2.29. The number of aromatic nitrogens is 4. The van der Waals surface area contributed by atoms with Crippen LogP contribution in [0.1, 0.15) is 0 Å². The number of aryl methyl sites for hydroxylation is 2. The summed E-state index contributed by atoms with van der Waals surface area (Å²) in [5.41, 5.74) is 4.27. The molecule has 0 spiro atoms. The number of rotatable bonds is 16. The van der Waals surface area contributed by atoms with Crippen LogP contribution in [-0.2, 0) is 54.2 Å². The zero-order valence-electron chi connectivity index (χ0n) is 32.1. The lowest BCUT2D eigenvalue weighted by Gasteiger charge is -2.09. The summed E-state index contributed by atoms with van der Waals surface area (Å²) in [6.45, 7) is 1.03. The third kappa shape index (κ3) is 14.2. The van der Waals surface area contributed by atoms with Crippen LogP contribution >= 0.6 is 24.8 Å². The molecule has 6 rings (SSSR count). The van der Waals surface area contributed by atoms with E-state index in [1.807, 2.05) is 71.8 Å². The Bertz CT molecular complexity index is 2580. The molecule has 0 saturated heterocycles. The summed E-state index contributed by atoms with van der Waals surface area (Å²) < 4.78 is 108. The van der Waals surface area contributed by atoms with Crippen molar-refractivity contribution in [3.63, 3.8) is 0 Å². The van der Waals surface area contributed by atoms with E-state index in [1.165, 1.54) is 48.5 Å². The molecule has 0 atom stereocenters. The summed E-state index contributed by atoms with van der Waals surface area (Å²) in [4.78, 5) is 9.02. The van der Waals surface area contributed by atoms with Crippen molar-refractivity contribution in [2.75, 3.05) is 58.8 Å². The molecule has 8 N–H and O–H groups in total. The molecule has 0 aliphatic heterocycles. The van der Waals surface area contributed by atoms with E-state index < -0.39 is 40.1 Å². The molecule has 59 heavy (non-hydrogen) atoms. The van der Waals surface area contributed by atoms with Gasteiger partial charge in [-0.2, -0.15) is 0 Å². The van der Waals surface area contributed by atoms with Gasteiger partial charge < -0.3 is 25.2 Å². The molecule has 25 heteroatoms. The van der Waals surface area contributed by atoms with E-state index >= 15 is 0 Å². The number of halogens is 2. The van der Waals surface area contributed by atoms with E-state index in [-0.39, 0.29) is 53.2 Å². The van der Waals surface area contributed by atoms with E-state index in [4.69, 9.17) is 0 Å². The normalized spacial score (nSPS) is 11.6. The predicted octanol–water partition coefficient (Wildman–Crippen LogP) is 2.69. The minimum absolute atomic E-state index is 0. The van der Waals surface area contributed by atoms with Crippen LogP contribution in [0.25, 0.3) is 22.1 Å². The Morgan fingerprint density at radius 2 is 0.814 bits per heavy atom. The van der Waals surface area contributed by atoms with Crippen LogP contribution in [-0.4, -0.2) is 96.9 Å². The topological polar surface area (TPSA) is 276 Å². The second kappa shape index (κ2) is 21.0. The van der Waals surface area contributed by atoms with Crippen molar-refractivity contribution >= 4 is 110 Å². The Kier molecular flexibility index (Phi) is 17.9. The quantitative estimate of drug-likeness (QED) is 0.0765. The molecule has 19 nitrogen and oxygen atoms in total. The Balaban J connectivity index is 0.000000387. The molecule has 0 aliphatic carbocycles. The minimum atomic E-state index is -3.70. The summed E-state index contributed by atoms with van der Waals surface area (Å²) in [5, 5.41) is 6.22. The van der Waals surface area contributed by atoms with Gasteiger partial charge in [0.15, 0.2) is 0 Å². The first kappa shape index (κ1) is 50.4. The molecular formula is C34H46Cl2N10O9S4. The van der Waals surface area contributed by atoms with E-state index in [0.29, 0.717) is 36.4 Å². The minimum Gasteiger partial charge on any atom is -0.412 e. The zero-order valence-corrected chi connectivity index (χ0v) is 37.0. The summed E-state index contributed by atoms with van der Waals surface area (Å²) in [5.74, 6) is 1.30. The first-order valence-corrected chi connectivity index (χ1v) is 23.5. The number of nitrogens with zero attached hydrogens (tertiary/aromatic N) is 4. The molecule has 0 bridgehead atoms. The number of hydrogen-bond acceptors (Lipinski definition) is 12. The molecule has 0 unspecified atom stereocenters. The molecule has 0 amide bonds. The van der Waals surface area contributed by atoms with E-state index in [1.54, 1.807) is 0 Å². The first-order chi connectivity index (χ1) is 26.3. The van der Waals surface area contributed by atoms with Gasteiger partial charge >= 0.3 is 0 Å². The summed E-state index contributed by atoms with van der Waals surface area (Å²) in [7, 11) is -10.5. The van der Waals surface area contributed by atoms with Gasteiger partial charge in [-0.25, -0.2) is 53.1 Å². The van der Waals surface area contributed by atoms with Crippen molar-refractivity contribution in [1.29, 1.82) is 0 Å². The second-order valence-corrected chi connectivity index (χ2v) is 19.4. The highest BCUT2D eigenvalue weighted by molar-refractivity contribution is 7.92. The maximum atomic E-state index is 12.3. The summed E-state index contributed by atoms with van der Waals surface area (Å²) in [6.07, 6.45) is 2.05. The fourth-order valence-electron chi connectivity index (χ4n) is 5.33. The maximum absolute atomic E-state index is 12.3. The van der Waals surface area contributed by atoms with E-state index in [9.17, 15) is 33.7 Å². The monoisotopic (exact) mass is 936 g/mol. The van der Waals surface area contributed by atoms with E-state index in [2.05, 4.69) is 39.5 Å². The molecule has 6 aromatic rings. The van der Waals surface area contributed by atoms with Crippen LogP contribution in [0.3, 0.4) is 0 Å². The third-order valence-corrected chi connectivity index (χ3v) is 12.1. The molecule has 4 aromatic carbocycles. The predicted molar refractivity (Wildman–Crippen MR) is 237 cm³/mol. The standard InChI is InChI=1S/2C17H21N5O4S2.2ClH.H2O/c2*1-22-16-6-4-3-5-15(16)20-17(22)18-11-12-19-28(25,26)14-9-7-13(8-10-14)21-27(2,23)24;;;/h2*3-10,19,21H,11-12H2,1-2H3,(H,18,20);2*1H;1H2. The highest BCUT2D eigenvalue weighted by atomic mass is 35.5. The summed E-state index contributed by atoms with van der Waals surface area (Å²) >= 11 is 0. The number of para-hydroxylation sites is 4. The average Bonchev–Trinajstić information content (AvgIpc) is 3.63. The number of sulfonamides is 4. The van der Waals surface area contributed by atoms with Gasteiger partial charge in [-0.05, 0) is 72.8 Å². The highest BCUT2D eigenvalue weighted by Crippen LogP contribution is 2.19. The second-order valence-electron chi connectivity index (χ2n) is 12.4. The van der Waals surface area contributed by atoms with Crippen LogP contribution < -0.4 is 29.5 Å². The molecule has 0 fully saturated rings. The number of nitrogens with one attached hydrogen (secondary N) is 6. The smallest absolute Gasteiger partial charge is 0.240 e. The van der Waals surface area contributed by atoms with Gasteiger partial charge in [0.1, 0.15) is 0 Å². The lowest BCUT2D eigenvalue weighted by molar-refractivity contribution is 0.581. The molecule has 324 valence electrons. The van der Waals surface area contributed by atoms with Crippen molar-refractivity contribution in [3.8, 4) is 0 Å². The average molecular weight is 938 g/mol. The molecular weight excluding hydrogens is 892 g/mol. The van der Waals surface area contributed by atoms with Gasteiger partial charge in [-0.3, -0.25) is 9.44 Å². The SMILES string of the molecule is Cl.Cl.Cn1c(NCCNS(=O)(=O)c2ccc(NS(C)(=O)=O)cc2)nc2ccccc21.Cn1c(NCCNS(=O)(=O)c2ccc(NS(C)(=O)=O)cc2)nc2ccccc21.O. The van der Waals surface area contributed by atoms with Crippen LogP contribution in [0.2, 0.25) is 0 Å². The van der Waals surface area contributed by atoms with Gasteiger partial charge in [-0.1, -0.05) is 24.3 Å². The molecule has 0 radical (unpaired) electrons. The number of imidazole rings is 2. The van der Waals surface area contributed by atoms with Crippen LogP contribution in [0.4, 0.5) is 23.3 Å². The van der Waals surface area contributed by atoms with Crippen LogP contribution in [0.15, 0.2) is 107 Å². The molecule has 2 aromatic heterocycles. The highest BCUT2D eigenvalue weighted by Gasteiger charge is 2.16. The maximum Gasteiger partial charge on any atom is 0.240 e. The summed E-state index contributed by atoms with van der Waals surface area (Å²) in [6, 6.07) is 26.4. The van der Waals surface area contributed by atoms with Crippen molar-refractivity contribution in [2.24, 2.45) is 14.1 Å². The van der Waals surface area contributed by atoms with Crippen molar-refractivity contribution in [2.45, 2.75) is 9.79 Å². The van der Waals surface area contributed by atoms with Gasteiger partial charge in [-0.15, -0.1) is 24.8 Å². The zero-order chi connectivity index (χ0) is 40.7. The molecule has 2 heterocycles. The Labute approximate surface area is 355 Å². The number of hydrogen-bond donors (Lipinski definition) is 6. The van der Waals surface area contributed by atoms with Crippen molar-refractivity contribution in [3.05, 3.63) is 97.1 Å². The third-order valence-electron chi connectivity index (χ3n) is 7.91. The number of fused-ring (bicyclic) bond motifs is 2. The molecule has 0 saturated carbocycles. The Hall–Kier alpha value is -4.72. The molecule has 0 aliphatic rings. The van der Waals surface area contributed by atoms with E-state index in [0.717, 1.165) is 34.6 Å². The largest absolute Gasteiger partial charge is 0.412 e. The van der Waals surface area contributed by atoms with Crippen molar-refractivity contribution in [1.82, 2.24) is 28.5 Å². The van der Waals surface area contributed by atoms with Gasteiger partial charge in [0.2, 0.25) is 52.0 Å². The lowest BCUT2D eigenvalue weighted by atomic mass is 10.3. The fraction of sp³-hybridized carbons (Fsp3) is 0.235. The Morgan fingerprint density at radius 3 is 1.12 bits per heavy atom. The number of benzene rings is 4. The first-order valence-electron chi connectivity index (χ1n) is 16.8. The van der Waals surface area contributed by atoms with Gasteiger partial charge in [0.05, 0.1) is 44.4 Å². The van der Waals surface area contributed by atoms with Gasteiger partial charge in [0, 0.05) is 51.6 Å². The van der Waals surface area contributed by atoms with Crippen LogP contribution in [0, 0.1) is 0 Å². The van der Waals surface area contributed by atoms with Crippen molar-refractivity contribution < 1.29 is 39.1 Å². The van der Waals surface area contributed by atoms with Gasteiger partial charge in [0.25, 0.3) is 0 Å². The van der Waals surface area contributed by atoms with Crippen LogP contribution in [0.5, 0.6) is 0 Å². The number of anilines is 4. The Morgan fingerprint density at radius 1 is 0.492 bits per heavy atom. The fourth-order valence-corrected chi connectivity index (χ4v) is 8.52.